The van der Waals surface area contributed by atoms with Crippen LogP contribution in [0.4, 0.5) is 0 Å². The van der Waals surface area contributed by atoms with Crippen LogP contribution in [-0.4, -0.2) is 11.6 Å². The minimum absolute atomic E-state index is 0.0913. The van der Waals surface area contributed by atoms with E-state index in [4.69, 9.17) is 0 Å². The van der Waals surface area contributed by atoms with Crippen molar-refractivity contribution in [2.75, 3.05) is 0 Å². The first-order chi connectivity index (χ1) is 10.2. The van der Waals surface area contributed by atoms with Gasteiger partial charge in [-0.25, -0.2) is 5.43 Å². The van der Waals surface area contributed by atoms with Crippen LogP contribution in [0.1, 0.15) is 60.9 Å². The summed E-state index contributed by atoms with van der Waals surface area (Å²) in [7, 11) is 0. The number of nitrogens with one attached hydrogen (secondary N) is 1. The average Bonchev–Trinajstić information content (AvgIpc) is 2.53. The van der Waals surface area contributed by atoms with Crippen molar-refractivity contribution >= 4 is 11.6 Å². The lowest BCUT2D eigenvalue weighted by Crippen LogP contribution is -2.29. The third-order valence-corrected chi connectivity index (χ3v) is 5.07. The number of hydrogen-bond acceptors (Lipinski definition) is 2. The number of fused-ring (bicyclic) bond motifs is 1. The highest BCUT2D eigenvalue weighted by Gasteiger charge is 2.30. The minimum atomic E-state index is -0.0913. The quantitative estimate of drug-likeness (QED) is 0.817. The number of benzene rings is 1. The molecule has 1 aromatic rings. The Kier molecular flexibility index (Phi) is 4.37. The molecule has 0 radical (unpaired) electrons. The van der Waals surface area contributed by atoms with Crippen LogP contribution in [0.15, 0.2) is 29.4 Å². The van der Waals surface area contributed by atoms with Crippen LogP contribution >= 0.6 is 0 Å². The molecule has 0 bridgehead atoms. The van der Waals surface area contributed by atoms with Crippen molar-refractivity contribution in [1.82, 2.24) is 5.43 Å². The van der Waals surface area contributed by atoms with Crippen molar-refractivity contribution in [2.45, 2.75) is 51.9 Å². The van der Waals surface area contributed by atoms with Gasteiger partial charge >= 0.3 is 0 Å². The number of nitrogens with zero attached hydrogens (tertiary/aromatic N) is 1. The highest BCUT2D eigenvalue weighted by Crippen LogP contribution is 2.39. The van der Waals surface area contributed by atoms with Gasteiger partial charge in [-0.1, -0.05) is 37.5 Å². The normalized spacial score (nSPS) is 27.2. The molecule has 112 valence electrons. The Morgan fingerprint density at radius 3 is 2.71 bits per heavy atom. The standard InChI is InChI=1S/C18H24N2O/c1-13-6-2-5-9-17(13)18(21)20-19-16-11-10-14-7-3-4-8-15(14)12-16/h2,5-6,9,14-15H,3-4,7-8,10-12H2,1H3,(H,20,21)/b19-16-/t14-,15+/m0/s1. The Balaban J connectivity index is 1.61. The minimum Gasteiger partial charge on any atom is -0.267 e. The van der Waals surface area contributed by atoms with Crippen molar-refractivity contribution < 1.29 is 4.79 Å². The topological polar surface area (TPSA) is 41.5 Å². The molecule has 2 saturated carbocycles. The molecule has 0 aromatic heterocycles. The smallest absolute Gasteiger partial charge is 0.267 e. The van der Waals surface area contributed by atoms with Crippen molar-refractivity contribution in [3.05, 3.63) is 35.4 Å². The summed E-state index contributed by atoms with van der Waals surface area (Å²) in [5.74, 6) is 1.62. The van der Waals surface area contributed by atoms with E-state index in [1.54, 1.807) is 0 Å². The first-order valence-corrected chi connectivity index (χ1v) is 8.15. The van der Waals surface area contributed by atoms with Crippen LogP contribution in [0.2, 0.25) is 0 Å². The Morgan fingerprint density at radius 1 is 1.14 bits per heavy atom. The predicted molar refractivity (Wildman–Crippen MR) is 85.4 cm³/mol. The van der Waals surface area contributed by atoms with Crippen LogP contribution in [0.5, 0.6) is 0 Å². The number of hydrogen-bond donors (Lipinski definition) is 1. The fraction of sp³-hybridized carbons (Fsp3) is 0.556. The second-order valence-corrected chi connectivity index (χ2v) is 6.48. The Morgan fingerprint density at radius 2 is 1.90 bits per heavy atom. The van der Waals surface area contributed by atoms with Gasteiger partial charge in [0.2, 0.25) is 0 Å². The first-order valence-electron chi connectivity index (χ1n) is 8.15. The van der Waals surface area contributed by atoms with Gasteiger partial charge in [0.15, 0.2) is 0 Å². The van der Waals surface area contributed by atoms with Crippen LogP contribution in [0.3, 0.4) is 0 Å². The molecule has 2 aliphatic carbocycles. The van der Waals surface area contributed by atoms with E-state index in [0.29, 0.717) is 5.56 Å². The molecule has 3 nitrogen and oxygen atoms in total. The molecule has 0 unspecified atom stereocenters. The van der Waals surface area contributed by atoms with Gasteiger partial charge in [-0.3, -0.25) is 4.79 Å². The van der Waals surface area contributed by atoms with Gasteiger partial charge in [0.25, 0.3) is 5.91 Å². The highest BCUT2D eigenvalue weighted by atomic mass is 16.2. The van der Waals surface area contributed by atoms with Gasteiger partial charge in [-0.15, -0.1) is 0 Å². The van der Waals surface area contributed by atoms with Crippen LogP contribution in [-0.2, 0) is 0 Å². The molecule has 2 atom stereocenters. The number of carbonyl (C=O) groups is 1. The van der Waals surface area contributed by atoms with Gasteiger partial charge in [0, 0.05) is 11.3 Å². The zero-order valence-corrected chi connectivity index (χ0v) is 12.8. The second kappa shape index (κ2) is 6.42. The predicted octanol–water partition coefficient (Wildman–Crippen LogP) is 4.07. The van der Waals surface area contributed by atoms with E-state index in [1.165, 1.54) is 37.8 Å². The van der Waals surface area contributed by atoms with E-state index in [1.807, 2.05) is 31.2 Å². The summed E-state index contributed by atoms with van der Waals surface area (Å²) >= 11 is 0. The lowest BCUT2D eigenvalue weighted by molar-refractivity contribution is 0.0953. The van der Waals surface area contributed by atoms with Gasteiger partial charge in [0.05, 0.1) is 0 Å². The van der Waals surface area contributed by atoms with Crippen molar-refractivity contribution in [3.8, 4) is 0 Å². The van der Waals surface area contributed by atoms with E-state index >= 15 is 0 Å². The number of carbonyl (C=O) groups excluding carboxylic acids is 1. The van der Waals surface area contributed by atoms with Crippen molar-refractivity contribution in [3.63, 3.8) is 0 Å². The maximum absolute atomic E-state index is 12.2. The van der Waals surface area contributed by atoms with Crippen LogP contribution < -0.4 is 5.43 Å². The van der Waals surface area contributed by atoms with Crippen LogP contribution in [0.25, 0.3) is 0 Å². The molecule has 2 aliphatic rings. The van der Waals surface area contributed by atoms with Crippen molar-refractivity contribution in [2.24, 2.45) is 16.9 Å². The molecule has 1 amide bonds. The molecule has 3 rings (SSSR count). The summed E-state index contributed by atoms with van der Waals surface area (Å²) in [6.45, 7) is 1.95. The summed E-state index contributed by atoms with van der Waals surface area (Å²) < 4.78 is 0. The van der Waals surface area contributed by atoms with Crippen molar-refractivity contribution in [1.29, 1.82) is 0 Å². The van der Waals surface area contributed by atoms with Gasteiger partial charge in [0.1, 0.15) is 0 Å². The van der Waals surface area contributed by atoms with E-state index < -0.39 is 0 Å². The largest absolute Gasteiger partial charge is 0.271 e. The molecule has 21 heavy (non-hydrogen) atoms. The Hall–Kier alpha value is -1.64. The maximum Gasteiger partial charge on any atom is 0.271 e. The maximum atomic E-state index is 12.2. The Bertz CT molecular complexity index is 550. The lowest BCUT2D eigenvalue weighted by atomic mass is 9.70. The summed E-state index contributed by atoms with van der Waals surface area (Å²) in [4.78, 5) is 12.2. The molecule has 1 aromatic carbocycles. The number of rotatable bonds is 2. The summed E-state index contributed by atoms with van der Waals surface area (Å²) in [5.41, 5.74) is 5.64. The average molecular weight is 284 g/mol. The first kappa shape index (κ1) is 14.3. The van der Waals surface area contributed by atoms with E-state index in [9.17, 15) is 4.79 Å². The lowest BCUT2D eigenvalue weighted by Gasteiger charge is -2.35. The third-order valence-electron chi connectivity index (χ3n) is 5.07. The van der Waals surface area contributed by atoms with E-state index in [2.05, 4.69) is 10.5 Å². The second-order valence-electron chi connectivity index (χ2n) is 6.48. The van der Waals surface area contributed by atoms with E-state index in [0.717, 1.165) is 30.2 Å². The number of amides is 1. The molecular formula is C18H24N2O. The molecule has 1 N–H and O–H groups in total. The van der Waals surface area contributed by atoms with Gasteiger partial charge in [-0.2, -0.15) is 5.10 Å². The zero-order valence-electron chi connectivity index (χ0n) is 12.8. The molecule has 0 spiro atoms. The molecule has 0 saturated heterocycles. The number of aryl methyl sites for hydroxylation is 1. The van der Waals surface area contributed by atoms with Gasteiger partial charge < -0.3 is 0 Å². The molecule has 2 fully saturated rings. The monoisotopic (exact) mass is 284 g/mol. The third kappa shape index (κ3) is 3.34. The SMILES string of the molecule is Cc1ccccc1C(=O)N/N=C1/CC[C@@H]2CCCC[C@@H]2C1. The molecule has 3 heteroatoms. The fourth-order valence-electron chi connectivity index (χ4n) is 3.81. The Labute approximate surface area is 126 Å². The molecular weight excluding hydrogens is 260 g/mol. The summed E-state index contributed by atoms with van der Waals surface area (Å²) in [6, 6.07) is 7.64. The fourth-order valence-corrected chi connectivity index (χ4v) is 3.81. The van der Waals surface area contributed by atoms with Crippen LogP contribution in [0, 0.1) is 18.8 Å². The van der Waals surface area contributed by atoms with Gasteiger partial charge in [-0.05, 0) is 56.1 Å². The molecule has 0 aliphatic heterocycles. The van der Waals surface area contributed by atoms with E-state index in [-0.39, 0.29) is 5.91 Å². The molecule has 0 heterocycles. The highest BCUT2D eigenvalue weighted by molar-refractivity contribution is 5.96. The summed E-state index contributed by atoms with van der Waals surface area (Å²) in [5, 5.41) is 4.41. The summed E-state index contributed by atoms with van der Waals surface area (Å²) in [6.07, 6.45) is 8.89. The zero-order chi connectivity index (χ0) is 14.7. The number of hydrazone groups is 1.